The first-order valence-electron chi connectivity index (χ1n) is 10.1. The summed E-state index contributed by atoms with van der Waals surface area (Å²) in [6.07, 6.45) is 3.14. The van der Waals surface area contributed by atoms with E-state index in [4.69, 9.17) is 17.3 Å². The molecule has 0 aromatic heterocycles. The van der Waals surface area contributed by atoms with Gasteiger partial charge in [0, 0.05) is 42.8 Å². The van der Waals surface area contributed by atoms with Gasteiger partial charge in [0.2, 0.25) is 5.91 Å². The van der Waals surface area contributed by atoms with Crippen molar-refractivity contribution in [3.63, 3.8) is 0 Å². The Hall–Kier alpha value is -2.90. The number of nitrogens with one attached hydrogen (secondary N) is 1. The minimum absolute atomic E-state index is 0.0160. The van der Waals surface area contributed by atoms with Crippen LogP contribution >= 0.6 is 11.6 Å². The average Bonchev–Trinajstić information content (AvgIpc) is 2.71. The standard InChI is InChI=1S/C23H26ClFN4O2/c1-15-13-29(16(2)12-28(15)14-17-3-8-20(25)9-4-17)22(30)10-6-18-5-7-19(24)11-21(18)27-23(26)31/h3-11,15-16H,12-14H2,1-2H3,(H3,26,27,31)/b10-6+/t15-,16+/m0/s1. The summed E-state index contributed by atoms with van der Waals surface area (Å²) in [7, 11) is 0. The molecule has 164 valence electrons. The Bertz CT molecular complexity index is 980. The number of amides is 3. The van der Waals surface area contributed by atoms with Gasteiger partial charge in [-0.2, -0.15) is 0 Å². The van der Waals surface area contributed by atoms with E-state index in [9.17, 15) is 14.0 Å². The highest BCUT2D eigenvalue weighted by Crippen LogP contribution is 2.23. The molecule has 2 aromatic carbocycles. The predicted molar refractivity (Wildman–Crippen MR) is 121 cm³/mol. The van der Waals surface area contributed by atoms with Gasteiger partial charge < -0.3 is 16.0 Å². The Labute approximate surface area is 186 Å². The van der Waals surface area contributed by atoms with Gasteiger partial charge in [-0.3, -0.25) is 9.69 Å². The van der Waals surface area contributed by atoms with E-state index in [1.165, 1.54) is 18.2 Å². The fourth-order valence-corrected chi connectivity index (χ4v) is 3.89. The van der Waals surface area contributed by atoms with Crippen molar-refractivity contribution < 1.29 is 14.0 Å². The number of benzene rings is 2. The molecule has 1 heterocycles. The SMILES string of the molecule is C[C@@H]1CN(Cc2ccc(F)cc2)[C@@H](C)CN1C(=O)/C=C/c1ccc(Cl)cc1NC(N)=O. The van der Waals surface area contributed by atoms with Crippen LogP contribution in [0.3, 0.4) is 0 Å². The smallest absolute Gasteiger partial charge is 0.316 e. The number of piperazine rings is 1. The minimum atomic E-state index is -0.706. The molecular formula is C23H26ClFN4O2. The van der Waals surface area contributed by atoms with E-state index >= 15 is 0 Å². The van der Waals surface area contributed by atoms with Crippen molar-refractivity contribution in [1.29, 1.82) is 0 Å². The van der Waals surface area contributed by atoms with Crippen molar-refractivity contribution in [3.05, 3.63) is 70.5 Å². The van der Waals surface area contributed by atoms with E-state index in [0.717, 1.165) is 5.56 Å². The molecule has 0 bridgehead atoms. The van der Waals surface area contributed by atoms with E-state index < -0.39 is 6.03 Å². The zero-order chi connectivity index (χ0) is 22.5. The molecule has 1 saturated heterocycles. The maximum absolute atomic E-state index is 13.1. The zero-order valence-electron chi connectivity index (χ0n) is 17.5. The molecule has 0 radical (unpaired) electrons. The molecule has 0 aliphatic carbocycles. The molecule has 0 saturated carbocycles. The van der Waals surface area contributed by atoms with Crippen LogP contribution in [0.1, 0.15) is 25.0 Å². The van der Waals surface area contributed by atoms with Crippen LogP contribution in [0.15, 0.2) is 48.5 Å². The number of nitrogens with zero attached hydrogens (tertiary/aromatic N) is 2. The molecule has 0 unspecified atom stereocenters. The molecule has 1 fully saturated rings. The summed E-state index contributed by atoms with van der Waals surface area (Å²) in [5, 5.41) is 2.96. The van der Waals surface area contributed by atoms with E-state index in [2.05, 4.69) is 17.1 Å². The fourth-order valence-electron chi connectivity index (χ4n) is 3.72. The second-order valence-corrected chi connectivity index (χ2v) is 8.24. The van der Waals surface area contributed by atoms with Crippen LogP contribution in [0.25, 0.3) is 6.08 Å². The number of anilines is 1. The van der Waals surface area contributed by atoms with Crippen LogP contribution in [-0.4, -0.2) is 46.9 Å². The monoisotopic (exact) mass is 444 g/mol. The van der Waals surface area contributed by atoms with Crippen LogP contribution in [0, 0.1) is 5.82 Å². The van der Waals surface area contributed by atoms with E-state index in [1.807, 2.05) is 11.8 Å². The first-order valence-corrected chi connectivity index (χ1v) is 10.4. The van der Waals surface area contributed by atoms with Gasteiger partial charge in [0.25, 0.3) is 0 Å². The summed E-state index contributed by atoms with van der Waals surface area (Å²) in [5.74, 6) is -0.358. The van der Waals surface area contributed by atoms with Gasteiger partial charge in [-0.1, -0.05) is 29.8 Å². The van der Waals surface area contributed by atoms with Gasteiger partial charge in [-0.15, -0.1) is 0 Å². The number of hydrogen-bond acceptors (Lipinski definition) is 3. The van der Waals surface area contributed by atoms with Gasteiger partial charge in [0.1, 0.15) is 5.82 Å². The van der Waals surface area contributed by atoms with Crippen LogP contribution in [0.2, 0.25) is 5.02 Å². The molecule has 3 amide bonds. The second-order valence-electron chi connectivity index (χ2n) is 7.80. The van der Waals surface area contributed by atoms with Crippen molar-refractivity contribution in [2.75, 3.05) is 18.4 Å². The lowest BCUT2D eigenvalue weighted by molar-refractivity contribution is -0.131. The van der Waals surface area contributed by atoms with E-state index in [-0.39, 0.29) is 23.8 Å². The number of rotatable bonds is 5. The van der Waals surface area contributed by atoms with Crippen molar-refractivity contribution in [3.8, 4) is 0 Å². The van der Waals surface area contributed by atoms with Crippen molar-refractivity contribution >= 4 is 35.3 Å². The Morgan fingerprint density at radius 2 is 1.87 bits per heavy atom. The highest BCUT2D eigenvalue weighted by Gasteiger charge is 2.31. The van der Waals surface area contributed by atoms with E-state index in [1.54, 1.807) is 36.4 Å². The summed E-state index contributed by atoms with van der Waals surface area (Å²) in [6.45, 7) is 6.09. The lowest BCUT2D eigenvalue weighted by atomic mass is 10.1. The third kappa shape index (κ3) is 6.06. The number of urea groups is 1. The molecule has 8 heteroatoms. The molecule has 2 atom stereocenters. The molecule has 0 spiro atoms. The summed E-state index contributed by atoms with van der Waals surface area (Å²) in [5.41, 5.74) is 7.32. The number of halogens is 2. The van der Waals surface area contributed by atoms with Gasteiger partial charge in [0.05, 0.1) is 5.69 Å². The highest BCUT2D eigenvalue weighted by molar-refractivity contribution is 6.31. The van der Waals surface area contributed by atoms with Gasteiger partial charge in [0.15, 0.2) is 0 Å². The molecule has 31 heavy (non-hydrogen) atoms. The summed E-state index contributed by atoms with van der Waals surface area (Å²) < 4.78 is 13.1. The Morgan fingerprint density at radius 3 is 2.55 bits per heavy atom. The number of carbonyl (C=O) groups is 2. The molecule has 1 aliphatic heterocycles. The maximum Gasteiger partial charge on any atom is 0.316 e. The summed E-state index contributed by atoms with van der Waals surface area (Å²) in [6, 6.07) is 10.9. The maximum atomic E-state index is 13.1. The highest BCUT2D eigenvalue weighted by atomic mass is 35.5. The third-order valence-electron chi connectivity index (χ3n) is 5.38. The van der Waals surface area contributed by atoms with E-state index in [0.29, 0.717) is 35.9 Å². The molecule has 6 nitrogen and oxygen atoms in total. The first-order chi connectivity index (χ1) is 14.7. The Kier molecular flexibility index (Phi) is 7.30. The Morgan fingerprint density at radius 1 is 1.16 bits per heavy atom. The third-order valence-corrected chi connectivity index (χ3v) is 5.61. The molecular weight excluding hydrogens is 419 g/mol. The van der Waals surface area contributed by atoms with Crippen LogP contribution < -0.4 is 11.1 Å². The number of nitrogens with two attached hydrogens (primary N) is 1. The van der Waals surface area contributed by atoms with Gasteiger partial charge in [-0.05, 0) is 55.3 Å². The predicted octanol–water partition coefficient (Wildman–Crippen LogP) is 4.10. The molecule has 1 aliphatic rings. The van der Waals surface area contributed by atoms with Crippen molar-refractivity contribution in [2.24, 2.45) is 5.73 Å². The number of hydrogen-bond donors (Lipinski definition) is 2. The average molecular weight is 445 g/mol. The summed E-state index contributed by atoms with van der Waals surface area (Å²) >= 11 is 5.98. The number of primary amides is 1. The topological polar surface area (TPSA) is 78.7 Å². The van der Waals surface area contributed by atoms with Crippen LogP contribution in [0.5, 0.6) is 0 Å². The minimum Gasteiger partial charge on any atom is -0.351 e. The number of carbonyl (C=O) groups excluding carboxylic acids is 2. The normalized spacial score (nSPS) is 19.5. The van der Waals surface area contributed by atoms with Crippen LogP contribution in [0.4, 0.5) is 14.9 Å². The van der Waals surface area contributed by atoms with Crippen molar-refractivity contribution in [2.45, 2.75) is 32.5 Å². The van der Waals surface area contributed by atoms with Gasteiger partial charge >= 0.3 is 6.03 Å². The first kappa shape index (κ1) is 22.8. The second kappa shape index (κ2) is 9.94. The lowest BCUT2D eigenvalue weighted by Gasteiger charge is -2.44. The summed E-state index contributed by atoms with van der Waals surface area (Å²) in [4.78, 5) is 28.2. The van der Waals surface area contributed by atoms with Gasteiger partial charge in [-0.25, -0.2) is 9.18 Å². The molecule has 3 N–H and O–H groups in total. The Balaban J connectivity index is 1.66. The lowest BCUT2D eigenvalue weighted by Crippen LogP contribution is -2.57. The fraction of sp³-hybridized carbons (Fsp3) is 0.304. The molecule has 3 rings (SSSR count). The van der Waals surface area contributed by atoms with Crippen LogP contribution in [-0.2, 0) is 11.3 Å². The van der Waals surface area contributed by atoms with Crippen molar-refractivity contribution in [1.82, 2.24) is 9.80 Å². The quantitative estimate of drug-likeness (QED) is 0.681. The zero-order valence-corrected chi connectivity index (χ0v) is 18.3. The molecule has 2 aromatic rings. The largest absolute Gasteiger partial charge is 0.351 e.